The summed E-state index contributed by atoms with van der Waals surface area (Å²) in [4.78, 5) is 31.2. The van der Waals surface area contributed by atoms with Crippen LogP contribution >= 0.6 is 0 Å². The number of aryl methyl sites for hydroxylation is 1. The number of nitrogens with zero attached hydrogens (tertiary/aromatic N) is 5. The van der Waals surface area contributed by atoms with E-state index in [0.717, 1.165) is 77.2 Å². The van der Waals surface area contributed by atoms with E-state index in [9.17, 15) is 13.6 Å². The summed E-state index contributed by atoms with van der Waals surface area (Å²) in [6.45, 7) is 4.79. The molecule has 206 valence electrons. The Morgan fingerprint density at radius 2 is 1.87 bits per heavy atom. The Bertz CT molecular complexity index is 1080. The number of hydrogen-bond acceptors (Lipinski definition) is 7. The first-order chi connectivity index (χ1) is 18.2. The lowest BCUT2D eigenvalue weighted by atomic mass is 9.81. The third-order valence-electron chi connectivity index (χ3n) is 7.17. The first-order valence-electron chi connectivity index (χ1n) is 13.4. The number of halogens is 2. The standard InChI is InChI=1S/C28H37F2N5O3/c1-20-31-16-24(17-32-20)37-18-26(36)33-15-22-5-3-21(4-6-22)9-12-35-13-10-23-7-8-27(34-25(23)11-14-35)38-19-28(2,29)30/h7-8,15-17,21-22H,3-6,9-14,18-19H2,1-2H3/b33-15+. The molecule has 10 heteroatoms. The highest BCUT2D eigenvalue weighted by Gasteiger charge is 2.24. The van der Waals surface area contributed by atoms with E-state index >= 15 is 0 Å². The van der Waals surface area contributed by atoms with Gasteiger partial charge in [0.05, 0.1) is 12.4 Å². The van der Waals surface area contributed by atoms with Gasteiger partial charge in [0.1, 0.15) is 5.82 Å². The van der Waals surface area contributed by atoms with Crippen molar-refractivity contribution in [3.05, 3.63) is 41.6 Å². The van der Waals surface area contributed by atoms with E-state index in [2.05, 4.69) is 24.8 Å². The van der Waals surface area contributed by atoms with Gasteiger partial charge >= 0.3 is 0 Å². The Morgan fingerprint density at radius 3 is 2.61 bits per heavy atom. The number of ether oxygens (including phenoxy) is 2. The van der Waals surface area contributed by atoms with Gasteiger partial charge in [-0.05, 0) is 69.4 Å². The van der Waals surface area contributed by atoms with Crippen LogP contribution in [0.3, 0.4) is 0 Å². The average Bonchev–Trinajstić information content (AvgIpc) is 3.11. The minimum Gasteiger partial charge on any atom is -0.480 e. The fraction of sp³-hybridized carbons (Fsp3) is 0.607. The highest BCUT2D eigenvalue weighted by Crippen LogP contribution is 2.30. The Hall–Kier alpha value is -3.01. The van der Waals surface area contributed by atoms with Gasteiger partial charge in [-0.25, -0.2) is 28.7 Å². The monoisotopic (exact) mass is 529 g/mol. The van der Waals surface area contributed by atoms with Crippen molar-refractivity contribution in [1.29, 1.82) is 0 Å². The highest BCUT2D eigenvalue weighted by molar-refractivity contribution is 5.86. The lowest BCUT2D eigenvalue weighted by Gasteiger charge is -2.28. The number of carbonyl (C=O) groups excluding carboxylic acids is 1. The Balaban J connectivity index is 1.13. The van der Waals surface area contributed by atoms with Gasteiger partial charge in [0.15, 0.2) is 19.0 Å². The summed E-state index contributed by atoms with van der Waals surface area (Å²) >= 11 is 0. The summed E-state index contributed by atoms with van der Waals surface area (Å²) in [5.41, 5.74) is 2.13. The molecule has 3 heterocycles. The van der Waals surface area contributed by atoms with Crippen molar-refractivity contribution in [3.63, 3.8) is 0 Å². The van der Waals surface area contributed by atoms with Crippen molar-refractivity contribution >= 4 is 12.1 Å². The first kappa shape index (κ1) is 28.0. The van der Waals surface area contributed by atoms with E-state index in [4.69, 9.17) is 9.47 Å². The lowest BCUT2D eigenvalue weighted by Crippen LogP contribution is -2.29. The molecule has 0 bridgehead atoms. The minimum absolute atomic E-state index is 0.115. The molecule has 0 radical (unpaired) electrons. The minimum atomic E-state index is -2.87. The molecular weight excluding hydrogens is 492 g/mol. The normalized spacial score (nSPS) is 20.6. The average molecular weight is 530 g/mol. The summed E-state index contributed by atoms with van der Waals surface area (Å²) in [6, 6.07) is 3.66. The number of alkyl halides is 2. The molecule has 8 nitrogen and oxygen atoms in total. The molecular formula is C28H37F2N5O3. The van der Waals surface area contributed by atoms with E-state index < -0.39 is 12.5 Å². The van der Waals surface area contributed by atoms with Gasteiger partial charge in [-0.1, -0.05) is 6.07 Å². The van der Waals surface area contributed by atoms with E-state index in [0.29, 0.717) is 23.4 Å². The number of aliphatic imine (C=N–C) groups is 1. The summed E-state index contributed by atoms with van der Waals surface area (Å²) < 4.78 is 36.8. The molecule has 0 N–H and O–H groups in total. The van der Waals surface area contributed by atoms with Crippen molar-refractivity contribution in [3.8, 4) is 11.6 Å². The molecule has 1 fully saturated rings. The van der Waals surface area contributed by atoms with Crippen LogP contribution in [0.5, 0.6) is 11.6 Å². The first-order valence-corrected chi connectivity index (χ1v) is 13.4. The summed E-state index contributed by atoms with van der Waals surface area (Å²) in [6.07, 6.45) is 12.1. The number of fused-ring (bicyclic) bond motifs is 1. The fourth-order valence-corrected chi connectivity index (χ4v) is 4.93. The van der Waals surface area contributed by atoms with Crippen LogP contribution in [-0.4, -0.2) is 70.7 Å². The third kappa shape index (κ3) is 9.08. The lowest BCUT2D eigenvalue weighted by molar-refractivity contribution is -0.119. The second-order valence-electron chi connectivity index (χ2n) is 10.5. The van der Waals surface area contributed by atoms with Gasteiger partial charge in [0, 0.05) is 44.4 Å². The number of rotatable bonds is 10. The van der Waals surface area contributed by atoms with Gasteiger partial charge in [0.2, 0.25) is 5.88 Å². The second-order valence-corrected chi connectivity index (χ2v) is 10.5. The van der Waals surface area contributed by atoms with Crippen molar-refractivity contribution in [2.24, 2.45) is 16.8 Å². The third-order valence-corrected chi connectivity index (χ3v) is 7.17. The second kappa shape index (κ2) is 13.2. The largest absolute Gasteiger partial charge is 0.480 e. The summed E-state index contributed by atoms with van der Waals surface area (Å²) in [5.74, 6) is -0.776. The van der Waals surface area contributed by atoms with Crippen LogP contribution in [-0.2, 0) is 17.6 Å². The van der Waals surface area contributed by atoms with Crippen LogP contribution in [0.1, 0.15) is 56.1 Å². The molecule has 0 saturated heterocycles. The van der Waals surface area contributed by atoms with Crippen molar-refractivity contribution in [1.82, 2.24) is 19.9 Å². The highest BCUT2D eigenvalue weighted by atomic mass is 19.3. The molecule has 1 saturated carbocycles. The maximum absolute atomic E-state index is 13.1. The number of hydrogen-bond donors (Lipinski definition) is 0. The maximum atomic E-state index is 13.1. The Kier molecular flexibility index (Phi) is 9.71. The topological polar surface area (TPSA) is 89.8 Å². The van der Waals surface area contributed by atoms with Crippen LogP contribution < -0.4 is 9.47 Å². The number of pyridine rings is 1. The Labute approximate surface area is 222 Å². The molecule has 2 aromatic heterocycles. The van der Waals surface area contributed by atoms with Crippen LogP contribution in [0, 0.1) is 18.8 Å². The van der Waals surface area contributed by atoms with Crippen LogP contribution in [0.2, 0.25) is 0 Å². The molecule has 2 aliphatic rings. The van der Waals surface area contributed by atoms with Crippen molar-refractivity contribution < 1.29 is 23.0 Å². The molecule has 1 amide bonds. The van der Waals surface area contributed by atoms with Crippen LogP contribution in [0.15, 0.2) is 29.5 Å². The van der Waals surface area contributed by atoms with Gasteiger partial charge in [-0.3, -0.25) is 4.79 Å². The van der Waals surface area contributed by atoms with Crippen LogP contribution in [0.25, 0.3) is 0 Å². The fourth-order valence-electron chi connectivity index (χ4n) is 4.93. The van der Waals surface area contributed by atoms with Gasteiger partial charge in [0.25, 0.3) is 11.8 Å². The zero-order valence-corrected chi connectivity index (χ0v) is 22.2. The molecule has 1 aliphatic heterocycles. The summed E-state index contributed by atoms with van der Waals surface area (Å²) in [7, 11) is 0. The van der Waals surface area contributed by atoms with Gasteiger partial charge in [-0.15, -0.1) is 0 Å². The van der Waals surface area contributed by atoms with Crippen molar-refractivity contribution in [2.75, 3.05) is 32.8 Å². The smallest absolute Gasteiger partial charge is 0.283 e. The molecule has 2 aromatic rings. The SMILES string of the molecule is Cc1ncc(OCC(=O)/N=C/C2CCC(CCN3CCc4ccc(OCC(C)(F)F)nc4CC3)CC2)cn1. The molecule has 0 atom stereocenters. The van der Waals surface area contributed by atoms with E-state index in [1.54, 1.807) is 31.6 Å². The molecule has 0 spiro atoms. The predicted octanol–water partition coefficient (Wildman–Crippen LogP) is 4.49. The number of amides is 1. The molecule has 0 unspecified atom stereocenters. The Morgan fingerprint density at radius 1 is 1.13 bits per heavy atom. The van der Waals surface area contributed by atoms with Crippen molar-refractivity contribution in [2.45, 2.75) is 64.7 Å². The van der Waals surface area contributed by atoms with E-state index in [1.165, 1.54) is 5.56 Å². The summed E-state index contributed by atoms with van der Waals surface area (Å²) in [5, 5.41) is 0. The zero-order chi connectivity index (χ0) is 27.0. The predicted molar refractivity (Wildman–Crippen MR) is 140 cm³/mol. The molecule has 1 aliphatic carbocycles. The maximum Gasteiger partial charge on any atom is 0.283 e. The number of carbonyl (C=O) groups is 1. The van der Waals surface area contributed by atoms with Gasteiger partial charge in [-0.2, -0.15) is 0 Å². The van der Waals surface area contributed by atoms with Gasteiger partial charge < -0.3 is 14.4 Å². The molecule has 38 heavy (non-hydrogen) atoms. The molecule has 0 aromatic carbocycles. The zero-order valence-electron chi connectivity index (χ0n) is 22.2. The van der Waals surface area contributed by atoms with Crippen LogP contribution in [0.4, 0.5) is 8.78 Å². The molecule has 4 rings (SSSR count). The quantitative estimate of drug-likeness (QED) is 0.419. The van der Waals surface area contributed by atoms with E-state index in [1.807, 2.05) is 6.07 Å². The van der Waals surface area contributed by atoms with E-state index in [-0.39, 0.29) is 18.4 Å². The number of aromatic nitrogens is 3.